The molecule has 1 aliphatic heterocycles. The van der Waals surface area contributed by atoms with E-state index < -0.39 is 0 Å². The number of hydrogen-bond donors (Lipinski definition) is 0. The third-order valence-corrected chi connectivity index (χ3v) is 5.10. The van der Waals surface area contributed by atoms with Gasteiger partial charge < -0.3 is 14.7 Å². The van der Waals surface area contributed by atoms with Gasteiger partial charge in [-0.25, -0.2) is 0 Å². The average Bonchev–Trinajstić information content (AvgIpc) is 3.40. The Morgan fingerprint density at radius 2 is 1.83 bits per heavy atom. The normalized spacial score (nSPS) is 23.8. The van der Waals surface area contributed by atoms with Crippen LogP contribution in [0, 0.1) is 11.8 Å². The Balaban J connectivity index is 1.45. The highest BCUT2D eigenvalue weighted by molar-refractivity contribution is 5.92. The lowest BCUT2D eigenvalue weighted by Gasteiger charge is -2.32. The molecule has 0 bridgehead atoms. The molecule has 2 atom stereocenters. The Labute approximate surface area is 143 Å². The van der Waals surface area contributed by atoms with E-state index in [9.17, 15) is 9.59 Å². The lowest BCUT2D eigenvalue weighted by Crippen LogP contribution is -2.48. The number of likely N-dealkylation sites (N-methyl/N-ethyl adjacent to an activating group) is 2. The number of pyridine rings is 1. The molecule has 1 saturated heterocycles. The minimum atomic E-state index is -0.111. The van der Waals surface area contributed by atoms with E-state index in [2.05, 4.69) is 16.9 Å². The van der Waals surface area contributed by atoms with Gasteiger partial charge in [-0.1, -0.05) is 0 Å². The summed E-state index contributed by atoms with van der Waals surface area (Å²) in [5.74, 6) is 0.0735. The van der Waals surface area contributed by atoms with Crippen LogP contribution in [0.1, 0.15) is 12.0 Å². The van der Waals surface area contributed by atoms with Crippen LogP contribution in [0.15, 0.2) is 24.5 Å². The van der Waals surface area contributed by atoms with E-state index in [-0.39, 0.29) is 23.7 Å². The minimum Gasteiger partial charge on any atom is -0.345 e. The molecule has 3 rings (SSSR count). The van der Waals surface area contributed by atoms with E-state index in [0.717, 1.165) is 32.6 Å². The van der Waals surface area contributed by atoms with Gasteiger partial charge in [0.05, 0.1) is 11.8 Å². The predicted molar refractivity (Wildman–Crippen MR) is 91.3 cm³/mol. The molecular formula is C18H26N4O2. The Morgan fingerprint density at radius 1 is 1.17 bits per heavy atom. The molecule has 6 heteroatoms. The first-order chi connectivity index (χ1) is 11.6. The molecule has 2 heterocycles. The summed E-state index contributed by atoms with van der Waals surface area (Å²) in [4.78, 5) is 34.9. The number of nitrogens with zero attached hydrogens (tertiary/aromatic N) is 4. The van der Waals surface area contributed by atoms with E-state index in [1.54, 1.807) is 17.3 Å². The molecule has 1 aromatic rings. The zero-order chi connectivity index (χ0) is 17.1. The summed E-state index contributed by atoms with van der Waals surface area (Å²) < 4.78 is 0. The second kappa shape index (κ2) is 7.30. The first-order valence-electron chi connectivity index (χ1n) is 8.67. The maximum Gasteiger partial charge on any atom is 0.226 e. The molecule has 0 N–H and O–H groups in total. The molecule has 0 aromatic carbocycles. The standard InChI is InChI=1S/C18H26N4O2/c1-20-9-11-22(12-10-20)18(24)16-13-15(16)17(23)21(2)8-5-14-3-6-19-7-4-14/h3-4,6-7,15-16H,5,8-13H2,1-2H3. The van der Waals surface area contributed by atoms with Crippen molar-refractivity contribution in [1.82, 2.24) is 19.7 Å². The first kappa shape index (κ1) is 16.9. The first-order valence-corrected chi connectivity index (χ1v) is 8.67. The van der Waals surface area contributed by atoms with Gasteiger partial charge in [0, 0.05) is 52.2 Å². The molecule has 0 radical (unpaired) electrons. The Hall–Kier alpha value is -1.95. The summed E-state index contributed by atoms with van der Waals surface area (Å²) in [6.07, 6.45) is 5.06. The highest BCUT2D eigenvalue weighted by Crippen LogP contribution is 2.41. The van der Waals surface area contributed by atoms with Crippen molar-refractivity contribution < 1.29 is 9.59 Å². The molecule has 24 heavy (non-hydrogen) atoms. The van der Waals surface area contributed by atoms with Crippen LogP contribution in [0.4, 0.5) is 0 Å². The van der Waals surface area contributed by atoms with Crippen LogP contribution in [0.3, 0.4) is 0 Å². The Bertz CT molecular complexity index is 584. The molecule has 2 fully saturated rings. The molecule has 1 saturated carbocycles. The summed E-state index contributed by atoms with van der Waals surface area (Å²) in [5.41, 5.74) is 1.17. The van der Waals surface area contributed by atoms with Gasteiger partial charge in [0.15, 0.2) is 0 Å². The number of amides is 2. The zero-order valence-electron chi connectivity index (χ0n) is 14.5. The van der Waals surface area contributed by atoms with Crippen LogP contribution < -0.4 is 0 Å². The highest BCUT2D eigenvalue weighted by atomic mass is 16.2. The molecule has 6 nitrogen and oxygen atoms in total. The predicted octanol–water partition coefficient (Wildman–Crippen LogP) is 0.493. The monoisotopic (exact) mass is 330 g/mol. The minimum absolute atomic E-state index is 0.0933. The van der Waals surface area contributed by atoms with Crippen molar-refractivity contribution in [2.75, 3.05) is 46.8 Å². The van der Waals surface area contributed by atoms with E-state index in [1.165, 1.54) is 5.56 Å². The van der Waals surface area contributed by atoms with E-state index >= 15 is 0 Å². The Kier molecular flexibility index (Phi) is 5.14. The van der Waals surface area contributed by atoms with Crippen molar-refractivity contribution in [2.24, 2.45) is 11.8 Å². The van der Waals surface area contributed by atoms with Crippen LogP contribution in [-0.4, -0.2) is 78.3 Å². The number of aromatic nitrogens is 1. The molecule has 2 amide bonds. The largest absolute Gasteiger partial charge is 0.345 e. The van der Waals surface area contributed by atoms with Gasteiger partial charge >= 0.3 is 0 Å². The van der Waals surface area contributed by atoms with Crippen LogP contribution in [-0.2, 0) is 16.0 Å². The van der Waals surface area contributed by atoms with Gasteiger partial charge in [0.1, 0.15) is 0 Å². The fourth-order valence-corrected chi connectivity index (χ4v) is 3.24. The van der Waals surface area contributed by atoms with Crippen LogP contribution in [0.5, 0.6) is 0 Å². The third-order valence-electron chi connectivity index (χ3n) is 5.10. The van der Waals surface area contributed by atoms with Crippen molar-refractivity contribution in [2.45, 2.75) is 12.8 Å². The van der Waals surface area contributed by atoms with Gasteiger partial charge in [-0.05, 0) is 37.6 Å². The number of hydrogen-bond acceptors (Lipinski definition) is 4. The average molecular weight is 330 g/mol. The van der Waals surface area contributed by atoms with Gasteiger partial charge in [0.25, 0.3) is 0 Å². The van der Waals surface area contributed by atoms with E-state index in [1.807, 2.05) is 24.1 Å². The summed E-state index contributed by atoms with van der Waals surface area (Å²) in [7, 11) is 3.91. The quantitative estimate of drug-likeness (QED) is 0.789. The molecule has 1 aromatic heterocycles. The van der Waals surface area contributed by atoms with Gasteiger partial charge in [-0.15, -0.1) is 0 Å². The van der Waals surface area contributed by atoms with Crippen LogP contribution >= 0.6 is 0 Å². The molecule has 130 valence electrons. The second-order valence-corrected chi connectivity index (χ2v) is 6.94. The molecule has 0 spiro atoms. The lowest BCUT2D eigenvalue weighted by molar-refractivity contribution is -0.138. The van der Waals surface area contributed by atoms with E-state index in [0.29, 0.717) is 13.0 Å². The summed E-state index contributed by atoms with van der Waals surface area (Å²) >= 11 is 0. The van der Waals surface area contributed by atoms with Gasteiger partial charge in [-0.3, -0.25) is 14.6 Å². The van der Waals surface area contributed by atoms with Crippen LogP contribution in [0.25, 0.3) is 0 Å². The SMILES string of the molecule is CN1CCN(C(=O)C2CC2C(=O)N(C)CCc2ccncc2)CC1. The van der Waals surface area contributed by atoms with Gasteiger partial charge in [-0.2, -0.15) is 0 Å². The van der Waals surface area contributed by atoms with Crippen LogP contribution in [0.2, 0.25) is 0 Å². The van der Waals surface area contributed by atoms with Crippen molar-refractivity contribution in [3.8, 4) is 0 Å². The van der Waals surface area contributed by atoms with Gasteiger partial charge in [0.2, 0.25) is 11.8 Å². The maximum absolute atomic E-state index is 12.5. The van der Waals surface area contributed by atoms with Crippen molar-refractivity contribution in [1.29, 1.82) is 0 Å². The number of carbonyl (C=O) groups excluding carboxylic acids is 2. The smallest absolute Gasteiger partial charge is 0.226 e. The lowest BCUT2D eigenvalue weighted by atomic mass is 10.2. The molecule has 1 aliphatic carbocycles. The molecular weight excluding hydrogens is 304 g/mol. The fraction of sp³-hybridized carbons (Fsp3) is 0.611. The third kappa shape index (κ3) is 3.93. The maximum atomic E-state index is 12.5. The van der Waals surface area contributed by atoms with Crippen molar-refractivity contribution in [3.63, 3.8) is 0 Å². The second-order valence-electron chi connectivity index (χ2n) is 6.94. The molecule has 2 aliphatic rings. The fourth-order valence-electron chi connectivity index (χ4n) is 3.24. The van der Waals surface area contributed by atoms with Crippen molar-refractivity contribution >= 4 is 11.8 Å². The van der Waals surface area contributed by atoms with E-state index in [4.69, 9.17) is 0 Å². The summed E-state index contributed by atoms with van der Waals surface area (Å²) in [6.45, 7) is 4.08. The topological polar surface area (TPSA) is 56.8 Å². The Morgan fingerprint density at radius 3 is 2.50 bits per heavy atom. The van der Waals surface area contributed by atoms with Crippen molar-refractivity contribution in [3.05, 3.63) is 30.1 Å². The summed E-state index contributed by atoms with van der Waals surface area (Å²) in [6, 6.07) is 3.93. The molecule has 2 unspecified atom stereocenters. The summed E-state index contributed by atoms with van der Waals surface area (Å²) in [5, 5.41) is 0. The highest BCUT2D eigenvalue weighted by Gasteiger charge is 2.50. The zero-order valence-corrected chi connectivity index (χ0v) is 14.5. The number of piperazine rings is 1. The number of rotatable bonds is 5. The number of carbonyl (C=O) groups is 2.